The van der Waals surface area contributed by atoms with Crippen molar-refractivity contribution in [2.45, 2.75) is 46.6 Å². The first-order valence-electron chi connectivity index (χ1n) is 7.53. The molecule has 0 atom stereocenters. The van der Waals surface area contributed by atoms with E-state index in [0.29, 0.717) is 0 Å². The Morgan fingerprint density at radius 1 is 1.22 bits per heavy atom. The Labute approximate surface area is 136 Å². The van der Waals surface area contributed by atoms with Gasteiger partial charge in [0.2, 0.25) is 5.75 Å². The summed E-state index contributed by atoms with van der Waals surface area (Å²) in [5, 5.41) is 11.0. The molecule has 23 heavy (non-hydrogen) atoms. The second-order valence-electron chi connectivity index (χ2n) is 6.71. The van der Waals surface area contributed by atoms with E-state index in [1.54, 1.807) is 12.1 Å². The number of nitrogens with zero attached hydrogens (tertiary/aromatic N) is 2. The van der Waals surface area contributed by atoms with E-state index in [1.807, 2.05) is 13.8 Å². The van der Waals surface area contributed by atoms with E-state index >= 15 is 0 Å². The van der Waals surface area contributed by atoms with Crippen LogP contribution in [0.15, 0.2) is 30.5 Å². The molecule has 1 aromatic carbocycles. The molecule has 0 amide bonds. The molecule has 122 valence electrons. The van der Waals surface area contributed by atoms with Gasteiger partial charge in [-0.25, -0.2) is 0 Å². The van der Waals surface area contributed by atoms with Crippen molar-refractivity contribution in [2.75, 3.05) is 0 Å². The largest absolute Gasteiger partial charge is 0.481 e. The molecule has 0 spiro atoms. The van der Waals surface area contributed by atoms with Crippen LogP contribution < -0.4 is 4.74 Å². The van der Waals surface area contributed by atoms with Gasteiger partial charge in [0.25, 0.3) is 0 Å². The van der Waals surface area contributed by atoms with Gasteiger partial charge in [-0.15, -0.1) is 0 Å². The Bertz CT molecular complexity index is 710. The fourth-order valence-electron chi connectivity index (χ4n) is 2.44. The highest BCUT2D eigenvalue weighted by Crippen LogP contribution is 2.29. The molecular weight excluding hydrogens is 292 g/mol. The molecule has 1 heterocycles. The quantitative estimate of drug-likeness (QED) is 0.616. The molecule has 0 radical (unpaired) electrons. The van der Waals surface area contributed by atoms with E-state index in [9.17, 15) is 10.1 Å². The molecule has 0 bridgehead atoms. The summed E-state index contributed by atoms with van der Waals surface area (Å²) in [7, 11) is 0. The van der Waals surface area contributed by atoms with Crippen LogP contribution in [0.2, 0.25) is 0 Å². The van der Waals surface area contributed by atoms with Gasteiger partial charge in [0.15, 0.2) is 0 Å². The summed E-state index contributed by atoms with van der Waals surface area (Å²) in [5.74, 6) is -0.0645. The molecule has 2 aromatic rings. The molecule has 0 aliphatic rings. The lowest BCUT2D eigenvalue weighted by molar-refractivity contribution is -0.390. The number of hydrogen-bond donors (Lipinski definition) is 0. The topological polar surface area (TPSA) is 65.3 Å². The Kier molecular flexibility index (Phi) is 4.68. The van der Waals surface area contributed by atoms with E-state index in [2.05, 4.69) is 37.9 Å². The van der Waals surface area contributed by atoms with E-state index in [4.69, 9.17) is 4.74 Å². The summed E-state index contributed by atoms with van der Waals surface area (Å²) in [6, 6.07) is 7.51. The van der Waals surface area contributed by atoms with Gasteiger partial charge < -0.3 is 14.9 Å². The standard InChI is InChI=1S/C18H22N2O3/c1-12-9-14(18(3,4)5)10-13(2)15(12)11-23-16-7-6-8-19-17(16)20(21)22/h6-10H,11H2,1-5H3. The van der Waals surface area contributed by atoms with E-state index in [1.165, 1.54) is 11.8 Å². The first-order chi connectivity index (χ1) is 10.7. The lowest BCUT2D eigenvalue weighted by atomic mass is 9.84. The zero-order valence-corrected chi connectivity index (χ0v) is 14.2. The molecule has 0 aliphatic carbocycles. The third-order valence-corrected chi connectivity index (χ3v) is 3.86. The minimum atomic E-state index is -0.530. The maximum Gasteiger partial charge on any atom is 0.406 e. The zero-order valence-electron chi connectivity index (χ0n) is 14.2. The molecule has 5 heteroatoms. The van der Waals surface area contributed by atoms with Crippen molar-refractivity contribution in [1.29, 1.82) is 0 Å². The Hall–Kier alpha value is -2.43. The van der Waals surface area contributed by atoms with Crippen molar-refractivity contribution in [3.05, 3.63) is 62.8 Å². The van der Waals surface area contributed by atoms with Crippen LogP contribution in [0.5, 0.6) is 5.75 Å². The lowest BCUT2D eigenvalue weighted by Gasteiger charge is -2.22. The summed E-state index contributed by atoms with van der Waals surface area (Å²) in [6.07, 6.45) is 1.39. The van der Waals surface area contributed by atoms with Gasteiger partial charge in [-0.3, -0.25) is 0 Å². The summed E-state index contributed by atoms with van der Waals surface area (Å²) >= 11 is 0. The van der Waals surface area contributed by atoms with Crippen LogP contribution in [0.1, 0.15) is 43.0 Å². The van der Waals surface area contributed by atoms with Crippen LogP contribution in [0, 0.1) is 24.0 Å². The molecule has 0 fully saturated rings. The first-order valence-corrected chi connectivity index (χ1v) is 7.53. The molecule has 2 rings (SSSR count). The maximum atomic E-state index is 11.0. The molecular formula is C18H22N2O3. The highest BCUT2D eigenvalue weighted by molar-refractivity contribution is 5.42. The highest BCUT2D eigenvalue weighted by Gasteiger charge is 2.18. The van der Waals surface area contributed by atoms with Crippen molar-refractivity contribution in [3.8, 4) is 5.75 Å². The van der Waals surface area contributed by atoms with Crippen LogP contribution in [0.3, 0.4) is 0 Å². The third-order valence-electron chi connectivity index (χ3n) is 3.86. The number of pyridine rings is 1. The Morgan fingerprint density at radius 3 is 2.35 bits per heavy atom. The van der Waals surface area contributed by atoms with Gasteiger partial charge in [-0.05, 0) is 63.6 Å². The van der Waals surface area contributed by atoms with Crippen molar-refractivity contribution in [1.82, 2.24) is 4.98 Å². The summed E-state index contributed by atoms with van der Waals surface area (Å²) in [5.41, 5.74) is 4.65. The fourth-order valence-corrected chi connectivity index (χ4v) is 2.44. The molecule has 0 saturated heterocycles. The molecule has 0 aliphatic heterocycles. The predicted molar refractivity (Wildman–Crippen MR) is 89.8 cm³/mol. The lowest BCUT2D eigenvalue weighted by Crippen LogP contribution is -2.13. The zero-order chi connectivity index (χ0) is 17.2. The number of rotatable bonds is 4. The van der Waals surface area contributed by atoms with Crippen LogP contribution >= 0.6 is 0 Å². The number of aromatic nitrogens is 1. The molecule has 0 N–H and O–H groups in total. The number of ether oxygens (including phenoxy) is 1. The van der Waals surface area contributed by atoms with Gasteiger partial charge >= 0.3 is 5.82 Å². The maximum absolute atomic E-state index is 11.0. The monoisotopic (exact) mass is 314 g/mol. The van der Waals surface area contributed by atoms with Gasteiger partial charge in [-0.2, -0.15) is 0 Å². The van der Waals surface area contributed by atoms with Gasteiger partial charge in [0, 0.05) is 0 Å². The second kappa shape index (κ2) is 6.36. The number of nitro groups is 1. The smallest absolute Gasteiger partial charge is 0.406 e. The van der Waals surface area contributed by atoms with Gasteiger partial charge in [0.05, 0.1) is 0 Å². The number of aryl methyl sites for hydroxylation is 2. The molecule has 5 nitrogen and oxygen atoms in total. The van der Waals surface area contributed by atoms with Crippen molar-refractivity contribution < 1.29 is 9.66 Å². The Balaban J connectivity index is 2.27. The normalized spacial score (nSPS) is 11.3. The van der Waals surface area contributed by atoms with E-state index < -0.39 is 4.92 Å². The van der Waals surface area contributed by atoms with Crippen molar-refractivity contribution >= 4 is 5.82 Å². The molecule has 0 saturated carbocycles. The van der Waals surface area contributed by atoms with Crippen LogP contribution in [0.4, 0.5) is 5.82 Å². The predicted octanol–water partition coefficient (Wildman–Crippen LogP) is 4.48. The van der Waals surface area contributed by atoms with Crippen molar-refractivity contribution in [3.63, 3.8) is 0 Å². The fraction of sp³-hybridized carbons (Fsp3) is 0.389. The summed E-state index contributed by atoms with van der Waals surface area (Å²) in [4.78, 5) is 14.2. The molecule has 1 aromatic heterocycles. The number of benzene rings is 1. The number of hydrogen-bond acceptors (Lipinski definition) is 4. The summed E-state index contributed by atoms with van der Waals surface area (Å²) in [6.45, 7) is 10.9. The van der Waals surface area contributed by atoms with Gasteiger partial charge in [0.1, 0.15) is 12.8 Å². The van der Waals surface area contributed by atoms with E-state index in [-0.39, 0.29) is 23.6 Å². The SMILES string of the molecule is Cc1cc(C(C)(C)C)cc(C)c1COc1cccnc1[N+](=O)[O-]. The first kappa shape index (κ1) is 16.9. The Morgan fingerprint density at radius 2 is 1.83 bits per heavy atom. The van der Waals surface area contributed by atoms with Gasteiger partial charge in [-0.1, -0.05) is 32.9 Å². The minimum Gasteiger partial charge on any atom is -0.481 e. The third kappa shape index (κ3) is 3.86. The summed E-state index contributed by atoms with van der Waals surface area (Å²) < 4.78 is 5.67. The van der Waals surface area contributed by atoms with Crippen LogP contribution in [-0.2, 0) is 12.0 Å². The van der Waals surface area contributed by atoms with Crippen LogP contribution in [0.25, 0.3) is 0 Å². The molecule has 0 unspecified atom stereocenters. The van der Waals surface area contributed by atoms with Crippen molar-refractivity contribution in [2.24, 2.45) is 0 Å². The average Bonchev–Trinajstić information content (AvgIpc) is 2.45. The highest BCUT2D eigenvalue weighted by atomic mass is 16.6. The van der Waals surface area contributed by atoms with E-state index in [0.717, 1.165) is 16.7 Å². The van der Waals surface area contributed by atoms with Crippen LogP contribution in [-0.4, -0.2) is 9.91 Å². The second-order valence-corrected chi connectivity index (χ2v) is 6.71. The minimum absolute atomic E-state index is 0.0804. The average molecular weight is 314 g/mol.